The van der Waals surface area contributed by atoms with E-state index in [4.69, 9.17) is 0 Å². The molecule has 1 aliphatic rings. The van der Waals surface area contributed by atoms with E-state index in [9.17, 15) is 0 Å². The molecule has 2 heterocycles. The second-order valence-corrected chi connectivity index (χ2v) is 4.66. The molecule has 2 aromatic rings. The number of aromatic amines is 1. The number of aryl methyl sites for hydroxylation is 1. The Morgan fingerprint density at radius 2 is 2.29 bits per heavy atom. The van der Waals surface area contributed by atoms with Crippen LogP contribution in [0, 0.1) is 6.92 Å². The molecular formula is C13H16N4. The van der Waals surface area contributed by atoms with E-state index in [1.807, 2.05) is 0 Å². The predicted octanol–water partition coefficient (Wildman–Crippen LogP) is 1.67. The van der Waals surface area contributed by atoms with Gasteiger partial charge in [-0.25, -0.2) is 4.98 Å². The van der Waals surface area contributed by atoms with Gasteiger partial charge in [-0.3, -0.25) is 10.00 Å². The van der Waals surface area contributed by atoms with Crippen molar-refractivity contribution in [3.05, 3.63) is 47.0 Å². The van der Waals surface area contributed by atoms with E-state index in [0.29, 0.717) is 0 Å². The maximum atomic E-state index is 4.17. The van der Waals surface area contributed by atoms with Crippen molar-refractivity contribution in [2.75, 3.05) is 6.54 Å². The van der Waals surface area contributed by atoms with Crippen LogP contribution in [0.25, 0.3) is 0 Å². The van der Waals surface area contributed by atoms with E-state index in [2.05, 4.69) is 45.2 Å². The minimum Gasteiger partial charge on any atom is -0.291 e. The van der Waals surface area contributed by atoms with Crippen LogP contribution in [-0.2, 0) is 19.5 Å². The van der Waals surface area contributed by atoms with E-state index in [1.165, 1.54) is 16.7 Å². The third kappa shape index (κ3) is 2.22. The molecule has 0 aliphatic carbocycles. The van der Waals surface area contributed by atoms with Crippen molar-refractivity contribution in [3.63, 3.8) is 0 Å². The first-order chi connectivity index (χ1) is 8.31. The summed E-state index contributed by atoms with van der Waals surface area (Å²) in [5.41, 5.74) is 4.30. The molecule has 0 amide bonds. The van der Waals surface area contributed by atoms with Crippen LogP contribution in [-0.4, -0.2) is 26.6 Å². The summed E-state index contributed by atoms with van der Waals surface area (Å²) in [6, 6.07) is 6.75. The maximum absolute atomic E-state index is 4.17. The van der Waals surface area contributed by atoms with Crippen molar-refractivity contribution in [1.82, 2.24) is 20.1 Å². The highest BCUT2D eigenvalue weighted by atomic mass is 15.2. The van der Waals surface area contributed by atoms with Gasteiger partial charge in [0.1, 0.15) is 12.2 Å². The second-order valence-electron chi connectivity index (χ2n) is 4.66. The molecule has 0 radical (unpaired) electrons. The average molecular weight is 228 g/mol. The van der Waals surface area contributed by atoms with Crippen LogP contribution >= 0.6 is 0 Å². The molecule has 1 aromatic carbocycles. The quantitative estimate of drug-likeness (QED) is 0.850. The fourth-order valence-electron chi connectivity index (χ4n) is 2.39. The van der Waals surface area contributed by atoms with E-state index >= 15 is 0 Å². The molecule has 0 saturated heterocycles. The number of nitrogens with one attached hydrogen (secondary N) is 1. The molecule has 3 rings (SSSR count). The highest BCUT2D eigenvalue weighted by Gasteiger charge is 2.16. The fourth-order valence-corrected chi connectivity index (χ4v) is 2.39. The molecule has 1 N–H and O–H groups in total. The zero-order chi connectivity index (χ0) is 11.7. The van der Waals surface area contributed by atoms with Crippen LogP contribution in [0.5, 0.6) is 0 Å². The van der Waals surface area contributed by atoms with Gasteiger partial charge in [0.25, 0.3) is 0 Å². The molecule has 0 unspecified atom stereocenters. The van der Waals surface area contributed by atoms with E-state index in [-0.39, 0.29) is 0 Å². The van der Waals surface area contributed by atoms with Gasteiger partial charge in [-0.05, 0) is 24.5 Å². The Morgan fingerprint density at radius 3 is 3.12 bits per heavy atom. The number of rotatable bonds is 2. The van der Waals surface area contributed by atoms with Crippen LogP contribution < -0.4 is 0 Å². The Morgan fingerprint density at radius 1 is 1.35 bits per heavy atom. The maximum Gasteiger partial charge on any atom is 0.138 e. The topological polar surface area (TPSA) is 44.8 Å². The van der Waals surface area contributed by atoms with Crippen LogP contribution in [0.3, 0.4) is 0 Å². The predicted molar refractivity (Wildman–Crippen MR) is 65.4 cm³/mol. The monoisotopic (exact) mass is 228 g/mol. The van der Waals surface area contributed by atoms with E-state index in [0.717, 1.165) is 31.9 Å². The molecule has 0 saturated carbocycles. The summed E-state index contributed by atoms with van der Waals surface area (Å²) in [6.07, 6.45) is 2.70. The lowest BCUT2D eigenvalue weighted by molar-refractivity contribution is 0.239. The molecule has 1 aliphatic heterocycles. The SMILES string of the molecule is Cc1ccc2c(c1)CCN(Cc1ncn[nH]1)C2. The summed E-state index contributed by atoms with van der Waals surface area (Å²) in [5.74, 6) is 0.945. The van der Waals surface area contributed by atoms with Crippen molar-refractivity contribution >= 4 is 0 Å². The van der Waals surface area contributed by atoms with Crippen LogP contribution in [0.15, 0.2) is 24.5 Å². The van der Waals surface area contributed by atoms with Crippen molar-refractivity contribution in [2.45, 2.75) is 26.4 Å². The summed E-state index contributed by atoms with van der Waals surface area (Å²) >= 11 is 0. The van der Waals surface area contributed by atoms with E-state index in [1.54, 1.807) is 6.33 Å². The van der Waals surface area contributed by atoms with Gasteiger partial charge in [0.2, 0.25) is 0 Å². The Balaban J connectivity index is 1.74. The first-order valence-corrected chi connectivity index (χ1v) is 5.96. The summed E-state index contributed by atoms with van der Waals surface area (Å²) in [7, 11) is 0. The molecule has 0 bridgehead atoms. The summed E-state index contributed by atoms with van der Waals surface area (Å²) in [5, 5.41) is 6.80. The number of H-pyrrole nitrogens is 1. The van der Waals surface area contributed by atoms with Crippen LogP contribution in [0.1, 0.15) is 22.5 Å². The number of hydrogen-bond acceptors (Lipinski definition) is 3. The lowest BCUT2D eigenvalue weighted by Gasteiger charge is -2.28. The Bertz CT molecular complexity index is 504. The molecule has 4 nitrogen and oxygen atoms in total. The smallest absolute Gasteiger partial charge is 0.138 e. The Kier molecular flexibility index (Phi) is 2.65. The first kappa shape index (κ1) is 10.5. The number of hydrogen-bond donors (Lipinski definition) is 1. The van der Waals surface area contributed by atoms with Gasteiger partial charge in [-0.1, -0.05) is 23.8 Å². The molecule has 4 heteroatoms. The molecule has 88 valence electrons. The largest absolute Gasteiger partial charge is 0.291 e. The normalized spacial score (nSPS) is 15.8. The molecule has 0 atom stereocenters. The lowest BCUT2D eigenvalue weighted by Crippen LogP contribution is -2.30. The van der Waals surface area contributed by atoms with Gasteiger partial charge in [0.05, 0.1) is 6.54 Å². The first-order valence-electron chi connectivity index (χ1n) is 5.96. The van der Waals surface area contributed by atoms with Gasteiger partial charge in [0, 0.05) is 13.1 Å². The minimum absolute atomic E-state index is 0.854. The van der Waals surface area contributed by atoms with E-state index < -0.39 is 0 Å². The van der Waals surface area contributed by atoms with Crippen LogP contribution in [0.4, 0.5) is 0 Å². The summed E-state index contributed by atoms with van der Waals surface area (Å²) in [4.78, 5) is 6.57. The number of fused-ring (bicyclic) bond motifs is 1. The van der Waals surface area contributed by atoms with Gasteiger partial charge in [-0.15, -0.1) is 0 Å². The van der Waals surface area contributed by atoms with Crippen molar-refractivity contribution in [3.8, 4) is 0 Å². The Labute approximate surface area is 101 Å². The van der Waals surface area contributed by atoms with Crippen molar-refractivity contribution < 1.29 is 0 Å². The fraction of sp³-hybridized carbons (Fsp3) is 0.385. The zero-order valence-corrected chi connectivity index (χ0v) is 9.98. The van der Waals surface area contributed by atoms with Gasteiger partial charge in [0.15, 0.2) is 0 Å². The van der Waals surface area contributed by atoms with Crippen molar-refractivity contribution in [1.29, 1.82) is 0 Å². The van der Waals surface area contributed by atoms with Crippen molar-refractivity contribution in [2.24, 2.45) is 0 Å². The zero-order valence-electron chi connectivity index (χ0n) is 9.98. The number of nitrogens with zero attached hydrogens (tertiary/aromatic N) is 3. The molecule has 0 fully saturated rings. The van der Waals surface area contributed by atoms with Crippen LogP contribution in [0.2, 0.25) is 0 Å². The van der Waals surface area contributed by atoms with Gasteiger partial charge in [-0.2, -0.15) is 5.10 Å². The second kappa shape index (κ2) is 4.30. The standard InChI is InChI=1S/C13H16N4/c1-10-2-3-12-7-17(5-4-11(12)6-10)8-13-14-9-15-16-13/h2-3,6,9H,4-5,7-8H2,1H3,(H,14,15,16). The molecular weight excluding hydrogens is 212 g/mol. The van der Waals surface area contributed by atoms with Gasteiger partial charge < -0.3 is 0 Å². The number of benzene rings is 1. The third-order valence-corrected chi connectivity index (χ3v) is 3.29. The highest BCUT2D eigenvalue weighted by Crippen LogP contribution is 2.20. The summed E-state index contributed by atoms with van der Waals surface area (Å²) < 4.78 is 0. The number of aromatic nitrogens is 3. The minimum atomic E-state index is 0.854. The molecule has 1 aromatic heterocycles. The average Bonchev–Trinajstić information content (AvgIpc) is 2.82. The Hall–Kier alpha value is -1.68. The summed E-state index contributed by atoms with van der Waals surface area (Å²) in [6.45, 7) is 5.11. The molecule has 17 heavy (non-hydrogen) atoms. The van der Waals surface area contributed by atoms with Gasteiger partial charge >= 0.3 is 0 Å². The highest BCUT2D eigenvalue weighted by molar-refractivity contribution is 5.33. The third-order valence-electron chi connectivity index (χ3n) is 3.29. The molecule has 0 spiro atoms. The lowest BCUT2D eigenvalue weighted by atomic mass is 9.98.